The Kier molecular flexibility index (Phi) is 23.4. The molecule has 0 saturated carbocycles. The molecule has 0 amide bonds. The van der Waals surface area contributed by atoms with E-state index < -0.39 is 0 Å². The minimum atomic E-state index is 0. The first-order valence-corrected chi connectivity index (χ1v) is 28.2. The van der Waals surface area contributed by atoms with Crippen molar-refractivity contribution in [1.29, 1.82) is 0 Å². The third-order valence-electron chi connectivity index (χ3n) is 12.8. The third-order valence-corrected chi connectivity index (χ3v) is 13.5. The number of fused-ring (bicyclic) bond motifs is 6. The van der Waals surface area contributed by atoms with E-state index in [1.165, 1.54) is 5.39 Å². The van der Waals surface area contributed by atoms with Gasteiger partial charge in [-0.05, 0) is 99.8 Å². The Balaban J connectivity index is 0.000000137. The van der Waals surface area contributed by atoms with Crippen LogP contribution in [0.2, 0.25) is 0 Å². The first kappa shape index (κ1) is 61.8. The number of nitrogens with one attached hydrogen (secondary N) is 1. The van der Waals surface area contributed by atoms with Crippen molar-refractivity contribution in [3.8, 4) is 0 Å². The molecule has 3 N–H and O–H groups in total. The zero-order chi connectivity index (χ0) is 58.8. The van der Waals surface area contributed by atoms with E-state index in [2.05, 4.69) is 122 Å². The minimum Gasteiger partial charge on any atom is -0.610 e. The molecule has 418 valence electrons. The van der Waals surface area contributed by atoms with Gasteiger partial charge >= 0.3 is 0 Å². The van der Waals surface area contributed by atoms with Gasteiger partial charge in [0.1, 0.15) is 5.22 Å². The summed E-state index contributed by atoms with van der Waals surface area (Å²) in [6.07, 6.45) is 18.2. The van der Waals surface area contributed by atoms with Gasteiger partial charge in [-0.3, -0.25) is 24.9 Å². The van der Waals surface area contributed by atoms with Crippen LogP contribution in [0.5, 0.6) is 0 Å². The van der Waals surface area contributed by atoms with Crippen molar-refractivity contribution < 1.29 is 25.8 Å². The van der Waals surface area contributed by atoms with E-state index >= 15 is 0 Å². The van der Waals surface area contributed by atoms with Gasteiger partial charge < -0.3 is 16.4 Å². The molecule has 1 aliphatic carbocycles. The van der Waals surface area contributed by atoms with Crippen LogP contribution in [0.15, 0.2) is 308 Å². The van der Waals surface area contributed by atoms with Gasteiger partial charge in [0.15, 0.2) is 0 Å². The maximum atomic E-state index is 5.69. The van der Waals surface area contributed by atoms with Gasteiger partial charge in [0.05, 0.1) is 55.9 Å². The number of allylic oxidation sites excluding steroid dienone is 2. The van der Waals surface area contributed by atoms with Gasteiger partial charge in [-0.25, -0.2) is 0 Å². The summed E-state index contributed by atoms with van der Waals surface area (Å²) in [5.41, 5.74) is 18.2. The molecule has 5 aromatic heterocycles. The molecule has 0 bridgehead atoms. The number of hydrogen-bond acceptors (Lipinski definition) is 7. The number of nitrogens with zero attached hydrogens (tertiary/aromatic N) is 6. The molecule has 10 heteroatoms. The van der Waals surface area contributed by atoms with E-state index in [1.807, 2.05) is 243 Å². The number of nitrogen functional groups attached to an aromatic ring is 1. The fraction of sp³-hybridized carbons (Fsp3) is 0. The van der Waals surface area contributed by atoms with Crippen LogP contribution in [0.4, 0.5) is 28.4 Å². The average Bonchev–Trinajstić information content (AvgIpc) is 3.43. The van der Waals surface area contributed by atoms with Crippen LogP contribution in [0, 0.1) is 20.8 Å². The molecule has 86 heavy (non-hydrogen) atoms. The van der Waals surface area contributed by atoms with Gasteiger partial charge in [0.25, 0.3) is 0 Å². The van der Waals surface area contributed by atoms with Crippen LogP contribution >= 0.6 is 15.9 Å². The number of halogens is 1. The summed E-state index contributed by atoms with van der Waals surface area (Å²) in [6, 6.07) is 85.8. The van der Waals surface area contributed by atoms with Crippen LogP contribution in [-0.2, 0) is 25.8 Å². The number of nitrogens with two attached hydrogens (primary N) is 1. The molecule has 15 rings (SSSR count). The molecule has 0 saturated heterocycles. The third kappa shape index (κ3) is 17.9. The maximum Gasteiger partial charge on any atom is 0.142 e. The van der Waals surface area contributed by atoms with Gasteiger partial charge in [0, 0.05) is 101 Å². The summed E-state index contributed by atoms with van der Waals surface area (Å²) in [5, 5.41) is 16.0. The number of hydrogen-bond donors (Lipinski definition) is 2. The fourth-order valence-corrected chi connectivity index (χ4v) is 9.21. The van der Waals surface area contributed by atoms with Gasteiger partial charge in [-0.15, -0.1) is 42.1 Å². The van der Waals surface area contributed by atoms with Crippen molar-refractivity contribution >= 4 is 111 Å². The van der Waals surface area contributed by atoms with Crippen LogP contribution in [-0.4, -0.2) is 24.9 Å². The van der Waals surface area contributed by atoms with E-state index in [0.717, 1.165) is 109 Å². The first-order valence-electron chi connectivity index (χ1n) is 27.4. The molecule has 0 atom stereocenters. The SMILES string of the molecule is Brc1cccc2cccnc12.Nc1cccc2cccnc12.[C+]1=c2c([N-]c3cccc4cccnc34)cccc2=CC=C1.[CH2-]c1ccccc1.[CH2-]c1ccccc1.[CH2-]c1ccccc1.[Hf].c1cnc2c(Nc3cccc4cccnc34)cccc2c1. The molecule has 9 aromatic carbocycles. The second-order valence-electron chi connectivity index (χ2n) is 19.0. The zero-order valence-electron chi connectivity index (χ0n) is 47.2. The molecule has 0 unspecified atom stereocenters. The largest absolute Gasteiger partial charge is 0.610 e. The Labute approximate surface area is 530 Å². The van der Waals surface area contributed by atoms with Crippen molar-refractivity contribution in [2.75, 3.05) is 11.1 Å². The maximum absolute atomic E-state index is 5.69. The van der Waals surface area contributed by atoms with Crippen LogP contribution < -0.4 is 21.5 Å². The van der Waals surface area contributed by atoms with Crippen molar-refractivity contribution in [2.45, 2.75) is 0 Å². The van der Waals surface area contributed by atoms with E-state index in [1.54, 1.807) is 18.6 Å². The molecule has 0 fully saturated rings. The predicted molar refractivity (Wildman–Crippen MR) is 362 cm³/mol. The van der Waals surface area contributed by atoms with E-state index in [0.29, 0.717) is 0 Å². The molecule has 5 heterocycles. The molecule has 0 spiro atoms. The van der Waals surface area contributed by atoms with Crippen LogP contribution in [0.25, 0.3) is 72.0 Å². The topological polar surface area (TPSA) is 117 Å². The van der Waals surface area contributed by atoms with Crippen molar-refractivity contribution in [3.63, 3.8) is 0 Å². The second-order valence-corrected chi connectivity index (χ2v) is 19.8. The summed E-state index contributed by atoms with van der Waals surface area (Å²) >= 11 is 3.43. The summed E-state index contributed by atoms with van der Waals surface area (Å²) in [4.78, 5) is 21.8. The van der Waals surface area contributed by atoms with Crippen LogP contribution in [0.3, 0.4) is 0 Å². The number of pyridine rings is 5. The van der Waals surface area contributed by atoms with Crippen molar-refractivity contribution in [2.24, 2.45) is 0 Å². The molecule has 0 aliphatic heterocycles. The number of para-hydroxylation sites is 5. The fourth-order valence-electron chi connectivity index (χ4n) is 8.72. The molecule has 8 nitrogen and oxygen atoms in total. The Morgan fingerprint density at radius 1 is 0.372 bits per heavy atom. The van der Waals surface area contributed by atoms with Crippen LogP contribution in [0.1, 0.15) is 16.7 Å². The zero-order valence-corrected chi connectivity index (χ0v) is 52.4. The number of aromatic nitrogens is 5. The van der Waals surface area contributed by atoms with Gasteiger partial charge in [-0.1, -0.05) is 115 Å². The Bertz CT molecular complexity index is 4300. The van der Waals surface area contributed by atoms with E-state index in [-0.39, 0.29) is 25.8 Å². The molecule has 0 radical (unpaired) electrons. The molecular formula is C76H60BrHfN8-3. The summed E-state index contributed by atoms with van der Waals surface area (Å²) in [6.45, 7) is 11.2. The minimum absolute atomic E-state index is 0. The quantitative estimate of drug-likeness (QED) is 0.102. The Morgan fingerprint density at radius 2 is 0.744 bits per heavy atom. The number of rotatable bonds is 4. The summed E-state index contributed by atoms with van der Waals surface area (Å²) in [5.74, 6) is 0. The number of anilines is 3. The average molecular weight is 1340 g/mol. The molecular weight excluding hydrogens is 1280 g/mol. The Morgan fingerprint density at radius 3 is 1.21 bits per heavy atom. The number of benzene rings is 9. The first-order chi connectivity index (χ1) is 41.8. The molecule has 14 aromatic rings. The monoisotopic (exact) mass is 1340 g/mol. The van der Waals surface area contributed by atoms with Gasteiger partial charge in [0.2, 0.25) is 0 Å². The Hall–Kier alpha value is -10.2. The predicted octanol–water partition coefficient (Wildman–Crippen LogP) is 18.5. The van der Waals surface area contributed by atoms with E-state index in [4.69, 9.17) is 11.1 Å². The second kappa shape index (κ2) is 32.6. The normalized spacial score (nSPS) is 10.3. The summed E-state index contributed by atoms with van der Waals surface area (Å²) < 4.78 is 1.05. The molecule has 1 aliphatic rings. The van der Waals surface area contributed by atoms with Crippen molar-refractivity contribution in [3.05, 3.63) is 362 Å². The van der Waals surface area contributed by atoms with E-state index in [9.17, 15) is 0 Å². The van der Waals surface area contributed by atoms with Crippen molar-refractivity contribution in [1.82, 2.24) is 24.9 Å². The van der Waals surface area contributed by atoms with Gasteiger partial charge in [-0.2, -0.15) is 73.9 Å². The summed E-state index contributed by atoms with van der Waals surface area (Å²) in [7, 11) is 0. The smallest absolute Gasteiger partial charge is 0.142 e. The standard InChI is InChI=1S/C19H12N2.C18H13N3.C9H6BrN.C9H8N2.3C7H7.Hf/c1-2-10-16-14(6-1)7-3-11-17(16)21-18-12-4-8-15-9-5-13-20-19(15)18;1-5-13-7-3-11-19-17(13)15(9-1)21-16-10-2-6-14-8-4-12-20-18(14)16;2*10-8-5-1-3-7-4-2-6-11-9(7)8;3*1-7-5-3-2-4-6-7;/h1-9,11-13H;1-12,21H;1-6H;1-6H,10H2;3*2-6H,1H2;/q;;;;3*-1;.